The molecule has 0 amide bonds. The highest BCUT2D eigenvalue weighted by Crippen LogP contribution is 2.39. The van der Waals surface area contributed by atoms with Crippen LogP contribution in [0.3, 0.4) is 0 Å². The number of sulfonamides is 1. The molecular weight excluding hydrogens is 342 g/mol. The number of fused-ring (bicyclic) bond motifs is 1. The van der Waals surface area contributed by atoms with E-state index in [2.05, 4.69) is 4.72 Å². The van der Waals surface area contributed by atoms with Crippen molar-refractivity contribution in [3.05, 3.63) is 47.5 Å². The first-order valence-electron chi connectivity index (χ1n) is 7.60. The monoisotopic (exact) mass is 361 g/mol. The number of anilines is 1. The van der Waals surface area contributed by atoms with Gasteiger partial charge in [-0.25, -0.2) is 13.1 Å². The predicted octanol–water partition coefficient (Wildman–Crippen LogP) is 3.87. The van der Waals surface area contributed by atoms with Gasteiger partial charge in [-0.15, -0.1) is 0 Å². The average molecular weight is 361 g/mol. The minimum absolute atomic E-state index is 0.155. The van der Waals surface area contributed by atoms with Crippen LogP contribution in [0.25, 0.3) is 11.0 Å². The third-order valence-electron chi connectivity index (χ3n) is 3.98. The molecule has 0 aliphatic carbocycles. The predicted molar refractivity (Wildman–Crippen MR) is 96.0 cm³/mol. The molecule has 0 fully saturated rings. The van der Waals surface area contributed by atoms with E-state index in [1.165, 1.54) is 14.2 Å². The second kappa shape index (κ2) is 6.33. The van der Waals surface area contributed by atoms with Crippen molar-refractivity contribution in [3.63, 3.8) is 0 Å². The highest BCUT2D eigenvalue weighted by molar-refractivity contribution is 7.92. The lowest BCUT2D eigenvalue weighted by molar-refractivity contribution is 0.397. The fourth-order valence-electron chi connectivity index (χ4n) is 2.59. The SMILES string of the molecule is COc1cc(OC)c2c(C)c(NS(=O)(=O)c3ccc(C)cc3)oc2c1. The molecule has 0 aliphatic heterocycles. The van der Waals surface area contributed by atoms with Gasteiger partial charge in [-0.3, -0.25) is 0 Å². The Morgan fingerprint density at radius 2 is 1.68 bits per heavy atom. The highest BCUT2D eigenvalue weighted by atomic mass is 32.2. The zero-order valence-electron chi connectivity index (χ0n) is 14.4. The summed E-state index contributed by atoms with van der Waals surface area (Å²) in [5.41, 5.74) is 2.11. The molecule has 2 aromatic carbocycles. The number of aryl methyl sites for hydroxylation is 2. The summed E-state index contributed by atoms with van der Waals surface area (Å²) in [4.78, 5) is 0.169. The van der Waals surface area contributed by atoms with Crippen LogP contribution >= 0.6 is 0 Å². The van der Waals surface area contributed by atoms with Crippen molar-refractivity contribution >= 4 is 26.9 Å². The molecule has 3 aromatic rings. The number of hydrogen-bond donors (Lipinski definition) is 1. The first-order chi connectivity index (χ1) is 11.9. The molecular formula is C18H19NO5S. The number of nitrogens with one attached hydrogen (secondary N) is 1. The van der Waals surface area contributed by atoms with E-state index in [4.69, 9.17) is 13.9 Å². The first-order valence-corrected chi connectivity index (χ1v) is 9.08. The number of methoxy groups -OCH3 is 2. The summed E-state index contributed by atoms with van der Waals surface area (Å²) in [6.45, 7) is 3.67. The summed E-state index contributed by atoms with van der Waals surface area (Å²) in [5.74, 6) is 1.27. The quantitative estimate of drug-likeness (QED) is 0.746. The zero-order valence-corrected chi connectivity index (χ0v) is 15.2. The molecule has 25 heavy (non-hydrogen) atoms. The van der Waals surface area contributed by atoms with Crippen LogP contribution in [0.2, 0.25) is 0 Å². The number of benzene rings is 2. The van der Waals surface area contributed by atoms with Gasteiger partial charge in [0, 0.05) is 17.7 Å². The summed E-state index contributed by atoms with van der Waals surface area (Å²) < 4.78 is 44.0. The fourth-order valence-corrected chi connectivity index (χ4v) is 3.64. The summed E-state index contributed by atoms with van der Waals surface area (Å²) in [6.07, 6.45) is 0. The Hall–Kier alpha value is -2.67. The molecule has 0 unspecified atom stereocenters. The van der Waals surface area contributed by atoms with Crippen molar-refractivity contribution < 1.29 is 22.3 Å². The van der Waals surface area contributed by atoms with Gasteiger partial charge >= 0.3 is 0 Å². The van der Waals surface area contributed by atoms with Gasteiger partial charge in [0.1, 0.15) is 17.1 Å². The minimum Gasteiger partial charge on any atom is -0.496 e. The van der Waals surface area contributed by atoms with Gasteiger partial charge in [-0.1, -0.05) is 17.7 Å². The van der Waals surface area contributed by atoms with Crippen LogP contribution < -0.4 is 14.2 Å². The van der Waals surface area contributed by atoms with Crippen molar-refractivity contribution in [3.8, 4) is 11.5 Å². The molecule has 0 bridgehead atoms. The van der Waals surface area contributed by atoms with Crippen LogP contribution in [-0.2, 0) is 10.0 Å². The normalized spacial score (nSPS) is 11.5. The van der Waals surface area contributed by atoms with E-state index in [1.54, 1.807) is 43.3 Å². The van der Waals surface area contributed by atoms with E-state index in [1.807, 2.05) is 6.92 Å². The van der Waals surface area contributed by atoms with Crippen LogP contribution in [-0.4, -0.2) is 22.6 Å². The molecule has 1 N–H and O–H groups in total. The second-order valence-corrected chi connectivity index (χ2v) is 7.36. The number of hydrogen-bond acceptors (Lipinski definition) is 5. The van der Waals surface area contributed by atoms with Crippen molar-refractivity contribution in [2.45, 2.75) is 18.7 Å². The van der Waals surface area contributed by atoms with Crippen molar-refractivity contribution in [1.82, 2.24) is 0 Å². The minimum atomic E-state index is -3.75. The van der Waals surface area contributed by atoms with E-state index in [-0.39, 0.29) is 10.8 Å². The van der Waals surface area contributed by atoms with Crippen LogP contribution in [0.5, 0.6) is 11.5 Å². The van der Waals surface area contributed by atoms with Gasteiger partial charge in [0.2, 0.25) is 5.88 Å². The van der Waals surface area contributed by atoms with Gasteiger partial charge in [-0.2, -0.15) is 0 Å². The molecule has 0 saturated heterocycles. The second-order valence-electron chi connectivity index (χ2n) is 5.68. The van der Waals surface area contributed by atoms with E-state index in [0.717, 1.165) is 5.56 Å². The molecule has 6 nitrogen and oxygen atoms in total. The van der Waals surface area contributed by atoms with E-state index < -0.39 is 10.0 Å². The van der Waals surface area contributed by atoms with Crippen LogP contribution in [0.15, 0.2) is 45.7 Å². The summed E-state index contributed by atoms with van der Waals surface area (Å²) >= 11 is 0. The smallest absolute Gasteiger partial charge is 0.264 e. The third kappa shape index (κ3) is 3.15. The molecule has 0 aliphatic rings. The van der Waals surface area contributed by atoms with E-state index in [0.29, 0.717) is 28.0 Å². The Morgan fingerprint density at radius 1 is 1.00 bits per heavy atom. The lowest BCUT2D eigenvalue weighted by Gasteiger charge is -2.07. The maximum absolute atomic E-state index is 12.6. The van der Waals surface area contributed by atoms with Gasteiger partial charge in [-0.05, 0) is 26.0 Å². The zero-order chi connectivity index (χ0) is 18.2. The van der Waals surface area contributed by atoms with Gasteiger partial charge in [0.15, 0.2) is 0 Å². The van der Waals surface area contributed by atoms with Gasteiger partial charge in [0.05, 0.1) is 24.5 Å². The Balaban J connectivity index is 2.07. The van der Waals surface area contributed by atoms with Gasteiger partial charge in [0.25, 0.3) is 10.0 Å². The molecule has 1 aromatic heterocycles. The topological polar surface area (TPSA) is 77.8 Å². The Kier molecular flexibility index (Phi) is 4.34. The Morgan fingerprint density at radius 3 is 2.28 bits per heavy atom. The van der Waals surface area contributed by atoms with E-state index in [9.17, 15) is 8.42 Å². The molecule has 1 heterocycles. The highest BCUT2D eigenvalue weighted by Gasteiger charge is 2.21. The fraction of sp³-hybridized carbons (Fsp3) is 0.222. The largest absolute Gasteiger partial charge is 0.496 e. The summed E-state index contributed by atoms with van der Waals surface area (Å²) in [5, 5.41) is 0.699. The molecule has 0 spiro atoms. The van der Waals surface area contributed by atoms with Crippen LogP contribution in [0.4, 0.5) is 5.88 Å². The summed E-state index contributed by atoms with van der Waals surface area (Å²) in [7, 11) is -0.674. The average Bonchev–Trinajstić information content (AvgIpc) is 2.89. The first kappa shape index (κ1) is 17.2. The molecule has 0 radical (unpaired) electrons. The molecule has 0 saturated carbocycles. The molecule has 7 heteroatoms. The number of ether oxygens (including phenoxy) is 2. The van der Waals surface area contributed by atoms with Gasteiger partial charge < -0.3 is 13.9 Å². The number of rotatable bonds is 5. The Bertz CT molecular complexity index is 1020. The molecule has 3 rings (SSSR count). The van der Waals surface area contributed by atoms with Crippen molar-refractivity contribution in [1.29, 1.82) is 0 Å². The van der Waals surface area contributed by atoms with Crippen molar-refractivity contribution in [2.75, 3.05) is 18.9 Å². The van der Waals surface area contributed by atoms with Crippen LogP contribution in [0.1, 0.15) is 11.1 Å². The van der Waals surface area contributed by atoms with Crippen molar-refractivity contribution in [2.24, 2.45) is 0 Å². The summed E-state index contributed by atoms with van der Waals surface area (Å²) in [6, 6.07) is 10.0. The van der Waals surface area contributed by atoms with E-state index >= 15 is 0 Å². The molecule has 132 valence electrons. The Labute approximate surface area is 146 Å². The number of furan rings is 1. The van der Waals surface area contributed by atoms with Crippen LogP contribution in [0, 0.1) is 13.8 Å². The standard InChI is InChI=1S/C18H19NO5S/c1-11-5-7-14(8-6-11)25(20,21)19-18-12(2)17-15(23-4)9-13(22-3)10-16(17)24-18/h5-10,19H,1-4H3. The maximum atomic E-state index is 12.6. The maximum Gasteiger partial charge on any atom is 0.264 e. The lowest BCUT2D eigenvalue weighted by Crippen LogP contribution is -2.13. The molecule has 0 atom stereocenters. The lowest BCUT2D eigenvalue weighted by atomic mass is 10.1. The third-order valence-corrected chi connectivity index (χ3v) is 5.33.